The number of carbonyl (C=O) groups excluding carboxylic acids is 1. The summed E-state index contributed by atoms with van der Waals surface area (Å²) in [6.07, 6.45) is 5.72. The molecule has 142 valence electrons. The van der Waals surface area contributed by atoms with Gasteiger partial charge in [-0.3, -0.25) is 9.69 Å². The fourth-order valence-electron chi connectivity index (χ4n) is 5.45. The molecule has 5 rings (SSSR count). The summed E-state index contributed by atoms with van der Waals surface area (Å²) in [5.41, 5.74) is 0. The summed E-state index contributed by atoms with van der Waals surface area (Å²) >= 11 is 0. The minimum atomic E-state index is 0.107. The van der Waals surface area contributed by atoms with Crippen LogP contribution in [0.1, 0.15) is 25.7 Å². The van der Waals surface area contributed by atoms with Crippen molar-refractivity contribution in [2.75, 3.05) is 32.8 Å². The number of benzene rings is 2. The Morgan fingerprint density at radius 3 is 2.52 bits per heavy atom. The number of carbonyl (C=O) groups is 1. The quantitative estimate of drug-likeness (QED) is 0.832. The molecule has 3 fully saturated rings. The summed E-state index contributed by atoms with van der Waals surface area (Å²) in [7, 11) is 0. The van der Waals surface area contributed by atoms with Crippen LogP contribution in [-0.4, -0.2) is 54.5 Å². The average molecular weight is 364 g/mol. The molecule has 0 unspecified atom stereocenters. The molecule has 3 atom stereocenters. The molecular formula is C23H28N2O2. The SMILES string of the molecule is O=C(COc1ccc2ccccc2c1)N1CCN([C@@H]2C[C@@H]3CC[C@H]2C3)CC1. The lowest BCUT2D eigenvalue weighted by atomic mass is 9.93. The van der Waals surface area contributed by atoms with Crippen molar-refractivity contribution < 1.29 is 9.53 Å². The highest BCUT2D eigenvalue weighted by Gasteiger charge is 2.42. The number of ether oxygens (including phenoxy) is 1. The van der Waals surface area contributed by atoms with E-state index in [2.05, 4.69) is 17.0 Å². The van der Waals surface area contributed by atoms with Gasteiger partial charge >= 0.3 is 0 Å². The van der Waals surface area contributed by atoms with E-state index in [-0.39, 0.29) is 12.5 Å². The Morgan fingerprint density at radius 2 is 1.78 bits per heavy atom. The third kappa shape index (κ3) is 3.43. The number of nitrogens with zero attached hydrogens (tertiary/aromatic N) is 2. The van der Waals surface area contributed by atoms with E-state index in [0.29, 0.717) is 0 Å². The molecule has 1 aliphatic heterocycles. The van der Waals surface area contributed by atoms with Crippen molar-refractivity contribution in [2.24, 2.45) is 11.8 Å². The minimum absolute atomic E-state index is 0.107. The predicted molar refractivity (Wildman–Crippen MR) is 107 cm³/mol. The van der Waals surface area contributed by atoms with Crippen molar-refractivity contribution >= 4 is 16.7 Å². The number of fused-ring (bicyclic) bond motifs is 3. The molecule has 2 aliphatic carbocycles. The normalized spacial score (nSPS) is 28.0. The Hall–Kier alpha value is -2.07. The Balaban J connectivity index is 1.13. The zero-order chi connectivity index (χ0) is 18.2. The lowest BCUT2D eigenvalue weighted by Crippen LogP contribution is -2.53. The van der Waals surface area contributed by atoms with Gasteiger partial charge in [0.2, 0.25) is 0 Å². The van der Waals surface area contributed by atoms with Crippen LogP contribution in [0.3, 0.4) is 0 Å². The second-order valence-corrected chi connectivity index (χ2v) is 8.46. The summed E-state index contributed by atoms with van der Waals surface area (Å²) in [5.74, 6) is 2.78. The zero-order valence-corrected chi connectivity index (χ0v) is 15.8. The topological polar surface area (TPSA) is 32.8 Å². The average Bonchev–Trinajstić information content (AvgIpc) is 3.36. The predicted octanol–water partition coefficient (Wildman–Crippen LogP) is 3.55. The van der Waals surface area contributed by atoms with E-state index in [1.54, 1.807) is 0 Å². The summed E-state index contributed by atoms with van der Waals surface area (Å²) in [6.45, 7) is 3.86. The van der Waals surface area contributed by atoms with Gasteiger partial charge in [0.25, 0.3) is 5.91 Å². The molecule has 1 amide bonds. The van der Waals surface area contributed by atoms with Gasteiger partial charge in [-0.2, -0.15) is 0 Å². The first kappa shape index (κ1) is 17.1. The smallest absolute Gasteiger partial charge is 0.260 e. The van der Waals surface area contributed by atoms with E-state index in [1.807, 2.05) is 35.2 Å². The molecule has 2 bridgehead atoms. The van der Waals surface area contributed by atoms with Crippen molar-refractivity contribution in [1.29, 1.82) is 0 Å². The Kier molecular flexibility index (Phi) is 4.52. The summed E-state index contributed by atoms with van der Waals surface area (Å²) in [4.78, 5) is 17.2. The molecule has 4 heteroatoms. The van der Waals surface area contributed by atoms with Gasteiger partial charge in [-0.1, -0.05) is 36.8 Å². The first-order valence-corrected chi connectivity index (χ1v) is 10.4. The van der Waals surface area contributed by atoms with Crippen LogP contribution in [0.5, 0.6) is 5.75 Å². The van der Waals surface area contributed by atoms with Crippen LogP contribution < -0.4 is 4.74 Å². The summed E-state index contributed by atoms with van der Waals surface area (Å²) in [6, 6.07) is 15.0. The van der Waals surface area contributed by atoms with Gasteiger partial charge in [0.05, 0.1) is 0 Å². The first-order valence-electron chi connectivity index (χ1n) is 10.4. The highest BCUT2D eigenvalue weighted by molar-refractivity contribution is 5.84. The largest absolute Gasteiger partial charge is 0.484 e. The molecular weight excluding hydrogens is 336 g/mol. The number of hydrogen-bond donors (Lipinski definition) is 0. The molecule has 0 radical (unpaired) electrons. The molecule has 4 nitrogen and oxygen atoms in total. The maximum absolute atomic E-state index is 12.6. The molecule has 0 spiro atoms. The standard InChI is InChI=1S/C23H28N2O2/c26-23(16-27-21-8-7-18-3-1-2-4-19(18)15-21)25-11-9-24(10-12-25)22-14-17-5-6-20(22)13-17/h1-4,7-8,15,17,20,22H,5-6,9-14,16H2/t17-,20+,22-/m1/s1. The number of rotatable bonds is 4. The van der Waals surface area contributed by atoms with Gasteiger partial charge in [-0.05, 0) is 54.0 Å². The highest BCUT2D eigenvalue weighted by Crippen LogP contribution is 2.46. The third-order valence-electron chi connectivity index (χ3n) is 6.92. The van der Waals surface area contributed by atoms with Gasteiger partial charge in [0.1, 0.15) is 5.75 Å². The van der Waals surface area contributed by atoms with Crippen LogP contribution in [0, 0.1) is 11.8 Å². The minimum Gasteiger partial charge on any atom is -0.484 e. The van der Waals surface area contributed by atoms with Crippen LogP contribution in [0.15, 0.2) is 42.5 Å². The molecule has 3 aliphatic rings. The van der Waals surface area contributed by atoms with Crippen LogP contribution in [0.4, 0.5) is 0 Å². The van der Waals surface area contributed by atoms with E-state index in [4.69, 9.17) is 4.74 Å². The molecule has 0 aromatic heterocycles. The molecule has 2 aromatic carbocycles. The highest BCUT2D eigenvalue weighted by atomic mass is 16.5. The van der Waals surface area contributed by atoms with Crippen molar-refractivity contribution in [3.63, 3.8) is 0 Å². The van der Waals surface area contributed by atoms with E-state index in [1.165, 1.54) is 31.1 Å². The molecule has 1 saturated heterocycles. The van der Waals surface area contributed by atoms with Crippen LogP contribution in [0.25, 0.3) is 10.8 Å². The van der Waals surface area contributed by atoms with Gasteiger partial charge in [0, 0.05) is 32.2 Å². The van der Waals surface area contributed by atoms with Crippen molar-refractivity contribution in [3.05, 3.63) is 42.5 Å². The molecule has 0 N–H and O–H groups in total. The molecule has 27 heavy (non-hydrogen) atoms. The van der Waals surface area contributed by atoms with Gasteiger partial charge in [-0.15, -0.1) is 0 Å². The van der Waals surface area contributed by atoms with Gasteiger partial charge in [-0.25, -0.2) is 0 Å². The zero-order valence-electron chi connectivity index (χ0n) is 15.8. The second-order valence-electron chi connectivity index (χ2n) is 8.46. The maximum atomic E-state index is 12.6. The van der Waals surface area contributed by atoms with Crippen molar-refractivity contribution in [3.8, 4) is 5.75 Å². The molecule has 1 heterocycles. The number of amides is 1. The number of hydrogen-bond acceptors (Lipinski definition) is 3. The maximum Gasteiger partial charge on any atom is 0.260 e. The van der Waals surface area contributed by atoms with Crippen LogP contribution in [-0.2, 0) is 4.79 Å². The third-order valence-corrected chi connectivity index (χ3v) is 6.92. The Labute approximate surface area is 161 Å². The van der Waals surface area contributed by atoms with E-state index in [9.17, 15) is 4.79 Å². The molecule has 2 aromatic rings. The van der Waals surface area contributed by atoms with Crippen LogP contribution >= 0.6 is 0 Å². The lowest BCUT2D eigenvalue weighted by Gasteiger charge is -2.41. The summed E-state index contributed by atoms with van der Waals surface area (Å²) in [5, 5.41) is 2.33. The monoisotopic (exact) mass is 364 g/mol. The van der Waals surface area contributed by atoms with Crippen LogP contribution in [0.2, 0.25) is 0 Å². The van der Waals surface area contributed by atoms with Crippen molar-refractivity contribution in [1.82, 2.24) is 9.80 Å². The Morgan fingerprint density at radius 1 is 0.963 bits per heavy atom. The Bertz CT molecular complexity index is 828. The van der Waals surface area contributed by atoms with E-state index >= 15 is 0 Å². The lowest BCUT2D eigenvalue weighted by molar-refractivity contribution is -0.135. The van der Waals surface area contributed by atoms with E-state index < -0.39 is 0 Å². The summed E-state index contributed by atoms with van der Waals surface area (Å²) < 4.78 is 5.79. The first-order chi connectivity index (χ1) is 13.3. The van der Waals surface area contributed by atoms with Gasteiger partial charge in [0.15, 0.2) is 6.61 Å². The fourth-order valence-corrected chi connectivity index (χ4v) is 5.45. The number of piperazine rings is 1. The fraction of sp³-hybridized carbons (Fsp3) is 0.522. The van der Waals surface area contributed by atoms with Gasteiger partial charge < -0.3 is 9.64 Å². The second kappa shape index (κ2) is 7.16. The van der Waals surface area contributed by atoms with E-state index in [0.717, 1.165) is 55.2 Å². The molecule has 2 saturated carbocycles. The van der Waals surface area contributed by atoms with Crippen molar-refractivity contribution in [2.45, 2.75) is 31.7 Å².